The molecule has 0 aliphatic heterocycles. The summed E-state index contributed by atoms with van der Waals surface area (Å²) in [7, 11) is 0. The summed E-state index contributed by atoms with van der Waals surface area (Å²) in [5, 5.41) is 5.31. The zero-order valence-corrected chi connectivity index (χ0v) is 16.6. The molecule has 26 heavy (non-hydrogen) atoms. The first-order chi connectivity index (χ1) is 11.6. The fraction of sp³-hybridized carbons (Fsp3) is 0.833. The minimum Gasteiger partial charge on any atom is -0.444 e. The Hall–Kier alpha value is -1.86. The third-order valence-corrected chi connectivity index (χ3v) is 3.95. The number of hydrogen-bond donors (Lipinski definition) is 3. The van der Waals surface area contributed by atoms with Crippen LogP contribution in [0.15, 0.2) is 0 Å². The molecule has 1 atom stereocenters. The van der Waals surface area contributed by atoms with Crippen molar-refractivity contribution in [1.29, 1.82) is 0 Å². The summed E-state index contributed by atoms with van der Waals surface area (Å²) in [6.07, 6.45) is -1.48. The van der Waals surface area contributed by atoms with Gasteiger partial charge in [0.2, 0.25) is 11.8 Å². The van der Waals surface area contributed by atoms with E-state index in [-0.39, 0.29) is 24.7 Å². The Morgan fingerprint density at radius 2 is 1.73 bits per heavy atom. The van der Waals surface area contributed by atoms with Gasteiger partial charge in [0.05, 0.1) is 5.54 Å². The quantitative estimate of drug-likeness (QED) is 0.662. The number of hydrogen-bond acceptors (Lipinski definition) is 4. The maximum atomic E-state index is 13.4. The first-order valence-electron chi connectivity index (χ1n) is 8.85. The predicted octanol–water partition coefficient (Wildman–Crippen LogP) is 2.18. The van der Waals surface area contributed by atoms with Gasteiger partial charge in [0.1, 0.15) is 17.8 Å². The number of carbonyl (C=O) groups is 3. The van der Waals surface area contributed by atoms with Crippen molar-refractivity contribution in [2.24, 2.45) is 11.1 Å². The number of alkyl halides is 1. The molecule has 1 aliphatic carbocycles. The highest BCUT2D eigenvalue weighted by Crippen LogP contribution is 2.37. The van der Waals surface area contributed by atoms with Crippen LogP contribution in [-0.2, 0) is 14.3 Å². The lowest BCUT2D eigenvalue weighted by molar-refractivity contribution is -0.130. The van der Waals surface area contributed by atoms with Crippen LogP contribution >= 0.6 is 0 Å². The van der Waals surface area contributed by atoms with Crippen LogP contribution in [-0.4, -0.2) is 41.3 Å². The Labute approximate surface area is 154 Å². The van der Waals surface area contributed by atoms with E-state index in [1.54, 1.807) is 20.8 Å². The molecule has 4 N–H and O–H groups in total. The fourth-order valence-corrected chi connectivity index (χ4v) is 3.03. The van der Waals surface area contributed by atoms with Gasteiger partial charge in [-0.3, -0.25) is 9.59 Å². The molecule has 0 spiro atoms. The second-order valence-electron chi connectivity index (χ2n) is 9.38. The molecule has 0 aromatic carbocycles. The summed E-state index contributed by atoms with van der Waals surface area (Å²) in [5.41, 5.74) is 3.30. The summed E-state index contributed by atoms with van der Waals surface area (Å²) in [6, 6.07) is -0.867. The van der Waals surface area contributed by atoms with Crippen LogP contribution in [0.2, 0.25) is 0 Å². The van der Waals surface area contributed by atoms with Gasteiger partial charge in [0, 0.05) is 19.3 Å². The second kappa shape index (κ2) is 7.80. The second-order valence-corrected chi connectivity index (χ2v) is 9.38. The van der Waals surface area contributed by atoms with Gasteiger partial charge in [-0.25, -0.2) is 9.18 Å². The molecule has 0 aromatic rings. The molecule has 1 rings (SSSR count). The Kier molecular flexibility index (Phi) is 6.65. The summed E-state index contributed by atoms with van der Waals surface area (Å²) >= 11 is 0. The molecule has 150 valence electrons. The molecule has 7 nitrogen and oxygen atoms in total. The van der Waals surface area contributed by atoms with Gasteiger partial charge in [0.25, 0.3) is 0 Å². The number of halogens is 1. The van der Waals surface area contributed by atoms with Gasteiger partial charge >= 0.3 is 6.09 Å². The van der Waals surface area contributed by atoms with Crippen molar-refractivity contribution in [2.75, 3.05) is 0 Å². The molecule has 3 amide bonds. The van der Waals surface area contributed by atoms with Gasteiger partial charge in [-0.05, 0) is 32.6 Å². The SMILES string of the molecule is CC(C)(C)CC(NC(=O)OC(C)(C)C)C(=O)NC1(CC(N)=O)CC(F)C1. The molecule has 0 heterocycles. The topological polar surface area (TPSA) is 111 Å². The summed E-state index contributed by atoms with van der Waals surface area (Å²) in [4.78, 5) is 36.1. The molecule has 0 aromatic heterocycles. The number of alkyl carbamates (subject to hydrolysis) is 1. The molecule has 0 radical (unpaired) electrons. The van der Waals surface area contributed by atoms with Gasteiger partial charge < -0.3 is 21.1 Å². The first-order valence-corrected chi connectivity index (χ1v) is 8.85. The minimum atomic E-state index is -1.07. The largest absolute Gasteiger partial charge is 0.444 e. The number of primary amides is 1. The van der Waals surface area contributed by atoms with Gasteiger partial charge in [-0.1, -0.05) is 20.8 Å². The average Bonchev–Trinajstić information content (AvgIpc) is 2.30. The van der Waals surface area contributed by atoms with Crippen molar-refractivity contribution in [3.63, 3.8) is 0 Å². The van der Waals surface area contributed by atoms with Gasteiger partial charge in [-0.15, -0.1) is 0 Å². The molecular weight excluding hydrogens is 341 g/mol. The van der Waals surface area contributed by atoms with Crippen LogP contribution in [0.1, 0.15) is 67.2 Å². The van der Waals surface area contributed by atoms with E-state index < -0.39 is 41.3 Å². The van der Waals surface area contributed by atoms with E-state index in [4.69, 9.17) is 10.5 Å². The van der Waals surface area contributed by atoms with Gasteiger partial charge in [0.15, 0.2) is 0 Å². The van der Waals surface area contributed by atoms with E-state index in [0.717, 1.165) is 0 Å². The van der Waals surface area contributed by atoms with Crippen molar-refractivity contribution < 1.29 is 23.5 Å². The zero-order valence-electron chi connectivity index (χ0n) is 16.6. The van der Waals surface area contributed by atoms with E-state index in [2.05, 4.69) is 10.6 Å². The van der Waals surface area contributed by atoms with Crippen LogP contribution in [0.5, 0.6) is 0 Å². The molecule has 0 saturated heterocycles. The molecule has 1 unspecified atom stereocenters. The molecule has 0 bridgehead atoms. The lowest BCUT2D eigenvalue weighted by Gasteiger charge is -2.45. The summed E-state index contributed by atoms with van der Waals surface area (Å²) in [5.74, 6) is -1.08. The number of rotatable bonds is 6. The van der Waals surface area contributed by atoms with Crippen LogP contribution in [0.25, 0.3) is 0 Å². The van der Waals surface area contributed by atoms with Crippen molar-refractivity contribution in [3.8, 4) is 0 Å². The lowest BCUT2D eigenvalue weighted by atomic mass is 9.72. The molecular formula is C18H32FN3O4. The highest BCUT2D eigenvalue weighted by atomic mass is 19.1. The minimum absolute atomic E-state index is 0.0381. The third kappa shape index (κ3) is 7.58. The zero-order chi connectivity index (χ0) is 20.3. The molecule has 1 saturated carbocycles. The fourth-order valence-electron chi connectivity index (χ4n) is 3.03. The van der Waals surface area contributed by atoms with Crippen LogP contribution in [0, 0.1) is 5.41 Å². The van der Waals surface area contributed by atoms with Crippen molar-refractivity contribution >= 4 is 17.9 Å². The van der Waals surface area contributed by atoms with Crippen LogP contribution < -0.4 is 16.4 Å². The number of amides is 3. The molecule has 8 heteroatoms. The normalized spacial score (nSPS) is 24.2. The van der Waals surface area contributed by atoms with Crippen molar-refractivity contribution in [2.45, 2.75) is 90.6 Å². The molecule has 1 aliphatic rings. The lowest BCUT2D eigenvalue weighted by Crippen LogP contribution is -2.63. The number of nitrogens with two attached hydrogens (primary N) is 1. The monoisotopic (exact) mass is 373 g/mol. The Balaban J connectivity index is 2.86. The number of ether oxygens (including phenoxy) is 1. The van der Waals surface area contributed by atoms with E-state index >= 15 is 0 Å². The van der Waals surface area contributed by atoms with E-state index in [1.807, 2.05) is 20.8 Å². The highest BCUT2D eigenvalue weighted by Gasteiger charge is 2.47. The average molecular weight is 373 g/mol. The summed E-state index contributed by atoms with van der Waals surface area (Å²) in [6.45, 7) is 11.0. The highest BCUT2D eigenvalue weighted by molar-refractivity contribution is 5.87. The number of nitrogens with one attached hydrogen (secondary N) is 2. The van der Waals surface area contributed by atoms with Crippen LogP contribution in [0.4, 0.5) is 9.18 Å². The van der Waals surface area contributed by atoms with Gasteiger partial charge in [-0.2, -0.15) is 0 Å². The standard InChI is InChI=1S/C18H32FN3O4/c1-16(2,3)9-12(21-15(25)26-17(4,5)6)14(24)22-18(10-13(20)23)7-11(19)8-18/h11-12H,7-10H2,1-6H3,(H2,20,23)(H,21,25)(H,22,24). The third-order valence-electron chi connectivity index (χ3n) is 3.95. The van der Waals surface area contributed by atoms with E-state index in [9.17, 15) is 18.8 Å². The Bertz CT molecular complexity index is 546. The maximum absolute atomic E-state index is 13.4. The Morgan fingerprint density at radius 3 is 2.12 bits per heavy atom. The Morgan fingerprint density at radius 1 is 1.19 bits per heavy atom. The smallest absolute Gasteiger partial charge is 0.408 e. The number of carbonyl (C=O) groups excluding carboxylic acids is 3. The molecule has 1 fully saturated rings. The van der Waals surface area contributed by atoms with Crippen LogP contribution in [0.3, 0.4) is 0 Å². The van der Waals surface area contributed by atoms with Crippen molar-refractivity contribution in [1.82, 2.24) is 10.6 Å². The summed E-state index contributed by atoms with van der Waals surface area (Å²) < 4.78 is 18.6. The first kappa shape index (κ1) is 22.2. The van der Waals surface area contributed by atoms with E-state index in [0.29, 0.717) is 6.42 Å². The van der Waals surface area contributed by atoms with Crippen molar-refractivity contribution in [3.05, 3.63) is 0 Å². The van der Waals surface area contributed by atoms with E-state index in [1.165, 1.54) is 0 Å². The predicted molar refractivity (Wildman–Crippen MR) is 96.0 cm³/mol. The maximum Gasteiger partial charge on any atom is 0.408 e.